The van der Waals surface area contributed by atoms with Crippen molar-refractivity contribution in [2.75, 3.05) is 0 Å². The van der Waals surface area contributed by atoms with Gasteiger partial charge in [-0.3, -0.25) is 14.4 Å². The summed E-state index contributed by atoms with van der Waals surface area (Å²) in [6.07, 6.45) is -0.0400. The van der Waals surface area contributed by atoms with Crippen molar-refractivity contribution in [2.45, 2.75) is 13.3 Å². The van der Waals surface area contributed by atoms with Crippen molar-refractivity contribution in [3.05, 3.63) is 6.42 Å². The van der Waals surface area contributed by atoms with Gasteiger partial charge < -0.3 is 15.3 Å². The van der Waals surface area contributed by atoms with Crippen LogP contribution in [0.5, 0.6) is 0 Å². The number of carboxylic acids is 3. The summed E-state index contributed by atoms with van der Waals surface area (Å²) in [4.78, 5) is 31.3. The van der Waals surface area contributed by atoms with E-state index in [0.717, 1.165) is 0 Å². The molecule has 0 rings (SSSR count). The van der Waals surface area contributed by atoms with E-state index in [-0.39, 0.29) is 12.8 Å². The highest BCUT2D eigenvalue weighted by atomic mass is 16.4. The Hall–Kier alpha value is -1.59. The number of carbonyl (C=O) groups is 3. The predicted molar refractivity (Wildman–Crippen MR) is 39.9 cm³/mol. The Morgan fingerprint density at radius 2 is 1.54 bits per heavy atom. The first-order valence-electron chi connectivity index (χ1n) is 3.42. The van der Waals surface area contributed by atoms with Crippen LogP contribution in [0.15, 0.2) is 0 Å². The first-order chi connectivity index (χ1) is 5.86. The molecule has 0 amide bonds. The molecule has 13 heavy (non-hydrogen) atoms. The summed E-state index contributed by atoms with van der Waals surface area (Å²) >= 11 is 0. The van der Waals surface area contributed by atoms with Crippen molar-refractivity contribution in [3.8, 4) is 0 Å². The van der Waals surface area contributed by atoms with E-state index in [0.29, 0.717) is 0 Å². The van der Waals surface area contributed by atoms with Crippen molar-refractivity contribution in [1.82, 2.24) is 0 Å². The minimum atomic E-state index is -2.33. The van der Waals surface area contributed by atoms with Gasteiger partial charge in [-0.15, -0.1) is 0 Å². The van der Waals surface area contributed by atoms with Crippen LogP contribution in [0.1, 0.15) is 13.3 Å². The minimum absolute atomic E-state index is 0.275. The largest absolute Gasteiger partial charge is 0.481 e. The van der Waals surface area contributed by atoms with Crippen molar-refractivity contribution >= 4 is 17.9 Å². The molecule has 0 saturated heterocycles. The first kappa shape index (κ1) is 11.4. The summed E-state index contributed by atoms with van der Waals surface area (Å²) in [6, 6.07) is 0. The maximum absolute atomic E-state index is 10.6. The summed E-state index contributed by atoms with van der Waals surface area (Å²) in [6.45, 7) is 1.29. The zero-order chi connectivity index (χ0) is 10.6. The molecule has 0 atom stereocenters. The molecular formula is C7H9O6. The van der Waals surface area contributed by atoms with Crippen LogP contribution in [0.2, 0.25) is 0 Å². The Kier molecular flexibility index (Phi) is 3.41. The van der Waals surface area contributed by atoms with Crippen LogP contribution in [0.3, 0.4) is 0 Å². The second kappa shape index (κ2) is 3.88. The number of aliphatic carboxylic acids is 3. The third kappa shape index (κ3) is 2.17. The van der Waals surface area contributed by atoms with E-state index in [2.05, 4.69) is 0 Å². The summed E-state index contributed by atoms with van der Waals surface area (Å²) in [7, 11) is 0. The number of hydrogen-bond donors (Lipinski definition) is 3. The molecule has 0 bridgehead atoms. The van der Waals surface area contributed by atoms with Crippen molar-refractivity contribution < 1.29 is 29.7 Å². The number of rotatable bonds is 5. The van der Waals surface area contributed by atoms with Gasteiger partial charge in [-0.05, 0) is 6.42 Å². The summed E-state index contributed by atoms with van der Waals surface area (Å²) in [5.74, 6) is -4.92. The van der Waals surface area contributed by atoms with Gasteiger partial charge in [0.25, 0.3) is 0 Å². The molecule has 6 nitrogen and oxygen atoms in total. The van der Waals surface area contributed by atoms with Crippen LogP contribution in [0.25, 0.3) is 0 Å². The Bertz CT molecular complexity index is 229. The summed E-state index contributed by atoms with van der Waals surface area (Å²) in [5, 5.41) is 25.4. The molecule has 0 aromatic rings. The van der Waals surface area contributed by atoms with E-state index in [9.17, 15) is 14.4 Å². The van der Waals surface area contributed by atoms with Crippen LogP contribution in [-0.2, 0) is 14.4 Å². The highest BCUT2D eigenvalue weighted by molar-refractivity contribution is 6.05. The van der Waals surface area contributed by atoms with Crippen LogP contribution in [-0.4, -0.2) is 33.2 Å². The van der Waals surface area contributed by atoms with E-state index in [1.54, 1.807) is 0 Å². The Morgan fingerprint density at radius 1 is 1.15 bits per heavy atom. The topological polar surface area (TPSA) is 112 Å². The molecule has 73 valence electrons. The Labute approximate surface area is 73.8 Å². The molecule has 0 aliphatic carbocycles. The summed E-state index contributed by atoms with van der Waals surface area (Å²) < 4.78 is 0. The second-order valence-electron chi connectivity index (χ2n) is 2.42. The molecule has 0 unspecified atom stereocenters. The molecule has 0 aliphatic rings. The van der Waals surface area contributed by atoms with Gasteiger partial charge in [0.2, 0.25) is 0 Å². The van der Waals surface area contributed by atoms with Gasteiger partial charge in [-0.25, -0.2) is 0 Å². The molecule has 3 N–H and O–H groups in total. The van der Waals surface area contributed by atoms with Crippen molar-refractivity contribution in [1.29, 1.82) is 0 Å². The fraction of sp³-hybridized carbons (Fsp3) is 0.429. The van der Waals surface area contributed by atoms with Crippen LogP contribution in [0.4, 0.5) is 0 Å². The first-order valence-corrected chi connectivity index (χ1v) is 3.42. The molecule has 0 fully saturated rings. The van der Waals surface area contributed by atoms with E-state index < -0.39 is 23.3 Å². The molecule has 0 aromatic heterocycles. The van der Waals surface area contributed by atoms with Crippen molar-refractivity contribution in [3.63, 3.8) is 0 Å². The lowest BCUT2D eigenvalue weighted by Gasteiger charge is -2.19. The lowest BCUT2D eigenvalue weighted by molar-refractivity contribution is -0.164. The van der Waals surface area contributed by atoms with Gasteiger partial charge >= 0.3 is 17.9 Å². The summed E-state index contributed by atoms with van der Waals surface area (Å²) in [5.41, 5.74) is -2.33. The minimum Gasteiger partial charge on any atom is -0.481 e. The zero-order valence-electron chi connectivity index (χ0n) is 6.85. The number of hydrogen-bond acceptors (Lipinski definition) is 3. The smallest absolute Gasteiger partial charge is 0.321 e. The van der Waals surface area contributed by atoms with Gasteiger partial charge in [0.15, 0.2) is 5.41 Å². The maximum Gasteiger partial charge on any atom is 0.321 e. The highest BCUT2D eigenvalue weighted by Gasteiger charge is 2.47. The third-order valence-corrected chi connectivity index (χ3v) is 1.69. The fourth-order valence-corrected chi connectivity index (χ4v) is 0.830. The molecule has 0 saturated carbocycles. The van der Waals surface area contributed by atoms with Gasteiger partial charge in [-0.1, -0.05) is 6.92 Å². The fourth-order valence-electron chi connectivity index (χ4n) is 0.830. The van der Waals surface area contributed by atoms with Gasteiger partial charge in [0, 0.05) is 0 Å². The van der Waals surface area contributed by atoms with Gasteiger partial charge in [-0.2, -0.15) is 0 Å². The molecule has 0 heterocycles. The Balaban J connectivity index is 4.98. The molecule has 0 spiro atoms. The maximum atomic E-state index is 10.6. The molecule has 0 aliphatic heterocycles. The van der Waals surface area contributed by atoms with E-state index in [1.807, 2.05) is 0 Å². The number of carboxylic acid groups (broad SMARTS) is 3. The van der Waals surface area contributed by atoms with Crippen LogP contribution in [0, 0.1) is 11.8 Å². The molecule has 1 radical (unpaired) electrons. The van der Waals surface area contributed by atoms with E-state index in [1.165, 1.54) is 6.92 Å². The average Bonchev–Trinajstić information content (AvgIpc) is 1.98. The van der Waals surface area contributed by atoms with E-state index in [4.69, 9.17) is 15.3 Å². The SMILES string of the molecule is CCC([CH]C(=O)O)(C(=O)O)C(=O)O. The highest BCUT2D eigenvalue weighted by Crippen LogP contribution is 2.26. The van der Waals surface area contributed by atoms with Crippen molar-refractivity contribution in [2.24, 2.45) is 5.41 Å². The normalized spacial score (nSPS) is 10.8. The standard InChI is InChI=1S/C7H9O6/c1-2-7(5(10)11,6(12)13)3-4(8)9/h3H,2H2,1H3,(H,8,9)(H,10,11)(H,12,13). The molecule has 0 aromatic carbocycles. The molecule has 6 heteroatoms. The third-order valence-electron chi connectivity index (χ3n) is 1.69. The van der Waals surface area contributed by atoms with Crippen LogP contribution >= 0.6 is 0 Å². The second-order valence-corrected chi connectivity index (χ2v) is 2.42. The Morgan fingerprint density at radius 3 is 1.62 bits per heavy atom. The zero-order valence-corrected chi connectivity index (χ0v) is 6.85. The lowest BCUT2D eigenvalue weighted by atomic mass is 9.82. The lowest BCUT2D eigenvalue weighted by Crippen LogP contribution is -2.41. The molecular weight excluding hydrogens is 180 g/mol. The van der Waals surface area contributed by atoms with Crippen LogP contribution < -0.4 is 0 Å². The average molecular weight is 189 g/mol. The monoisotopic (exact) mass is 189 g/mol. The van der Waals surface area contributed by atoms with Gasteiger partial charge in [0.1, 0.15) is 0 Å². The quantitative estimate of drug-likeness (QED) is 0.518. The predicted octanol–water partition coefficient (Wildman–Crippen LogP) is -0.159. The van der Waals surface area contributed by atoms with Gasteiger partial charge in [0.05, 0.1) is 6.42 Å². The van der Waals surface area contributed by atoms with E-state index >= 15 is 0 Å².